The van der Waals surface area contributed by atoms with Crippen LogP contribution in [0.3, 0.4) is 0 Å². The molecule has 1 amide bonds. The Bertz CT molecular complexity index is 1190. The number of alkyl halides is 3. The highest BCUT2D eigenvalue weighted by atomic mass is 35.5. The van der Waals surface area contributed by atoms with E-state index in [1.54, 1.807) is 58.9 Å². The van der Waals surface area contributed by atoms with E-state index >= 15 is 0 Å². The van der Waals surface area contributed by atoms with Gasteiger partial charge in [-0.05, 0) is 70.9 Å². The fourth-order valence-corrected chi connectivity index (χ4v) is 5.10. The fourth-order valence-electron chi connectivity index (χ4n) is 3.29. The summed E-state index contributed by atoms with van der Waals surface area (Å²) in [6.45, 7) is 7.29. The lowest BCUT2D eigenvalue weighted by Crippen LogP contribution is -2.39. The van der Waals surface area contributed by atoms with Crippen molar-refractivity contribution in [1.29, 1.82) is 0 Å². The predicted octanol–water partition coefficient (Wildman–Crippen LogP) is 7.38. The number of halogens is 4. The van der Waals surface area contributed by atoms with Gasteiger partial charge in [0.05, 0.1) is 24.9 Å². The van der Waals surface area contributed by atoms with E-state index in [-0.39, 0.29) is 36.8 Å². The summed E-state index contributed by atoms with van der Waals surface area (Å²) >= 11 is 6.37. The van der Waals surface area contributed by atoms with E-state index in [9.17, 15) is 22.5 Å². The van der Waals surface area contributed by atoms with Gasteiger partial charge in [0, 0.05) is 12.3 Å². The summed E-state index contributed by atoms with van der Waals surface area (Å²) < 4.78 is 76.5. The van der Waals surface area contributed by atoms with E-state index in [0.717, 1.165) is 5.56 Å². The van der Waals surface area contributed by atoms with Gasteiger partial charge in [-0.25, -0.2) is 4.79 Å². The Hall–Kier alpha value is -2.79. The maximum atomic E-state index is 13.1. The number of aromatic nitrogens is 1. The van der Waals surface area contributed by atoms with Gasteiger partial charge in [-0.1, -0.05) is 23.7 Å². The molecule has 1 aromatic heterocycles. The molecule has 2 rings (SSSR count). The first-order valence-electron chi connectivity index (χ1n) is 12.7. The summed E-state index contributed by atoms with van der Waals surface area (Å²) in [4.78, 5) is 16.6. The number of nitrogens with one attached hydrogen (secondary N) is 1. The zero-order chi connectivity index (χ0) is 30.7. The van der Waals surface area contributed by atoms with Gasteiger partial charge in [0.25, 0.3) is 0 Å². The molecule has 1 heterocycles. The van der Waals surface area contributed by atoms with Gasteiger partial charge in [-0.2, -0.15) is 13.2 Å². The van der Waals surface area contributed by atoms with Crippen LogP contribution in [0.1, 0.15) is 45.9 Å². The highest BCUT2D eigenvalue weighted by molar-refractivity contribution is 7.61. The van der Waals surface area contributed by atoms with Gasteiger partial charge in [0.15, 0.2) is 6.61 Å². The van der Waals surface area contributed by atoms with Crippen LogP contribution < -0.4 is 14.8 Å². The van der Waals surface area contributed by atoms with E-state index in [1.807, 2.05) is 0 Å². The molecule has 0 aliphatic heterocycles. The van der Waals surface area contributed by atoms with Gasteiger partial charge in [-0.3, -0.25) is 9.55 Å². The van der Waals surface area contributed by atoms with Crippen LogP contribution in [-0.4, -0.2) is 48.7 Å². The Labute approximate surface area is 242 Å². The van der Waals surface area contributed by atoms with Crippen molar-refractivity contribution in [3.05, 3.63) is 64.7 Å². The average molecular weight is 623 g/mol. The van der Waals surface area contributed by atoms with E-state index in [4.69, 9.17) is 34.9 Å². The number of hydrogen-bond acceptors (Lipinski definition) is 8. The molecule has 0 saturated heterocycles. The second-order valence-electron chi connectivity index (χ2n) is 9.60. The van der Waals surface area contributed by atoms with Gasteiger partial charge in [0.1, 0.15) is 28.5 Å². The Balaban J connectivity index is 2.13. The lowest BCUT2D eigenvalue weighted by Gasteiger charge is -2.23. The van der Waals surface area contributed by atoms with Crippen LogP contribution in [0.15, 0.2) is 53.4 Å². The number of rotatable bonds is 14. The Kier molecular flexibility index (Phi) is 13.0. The second-order valence-corrected chi connectivity index (χ2v) is 12.3. The third kappa shape index (κ3) is 13.2. The number of nitrogens with zero attached hydrogens (tertiary/aromatic N) is 1. The van der Waals surface area contributed by atoms with Crippen LogP contribution in [0.4, 0.5) is 18.0 Å². The van der Waals surface area contributed by atoms with Gasteiger partial charge < -0.3 is 28.6 Å². The zero-order valence-corrected chi connectivity index (χ0v) is 25.1. The number of carbonyl (C=O) groups excluding carboxylic acids is 1. The van der Waals surface area contributed by atoms with Crippen LogP contribution in [0, 0.1) is 0 Å². The van der Waals surface area contributed by atoms with Crippen molar-refractivity contribution in [2.75, 3.05) is 19.8 Å². The summed E-state index contributed by atoms with van der Waals surface area (Å²) in [5, 5.41) is 2.72. The lowest BCUT2D eigenvalue weighted by atomic mass is 10.1. The van der Waals surface area contributed by atoms with Crippen molar-refractivity contribution < 1.29 is 45.8 Å². The molecule has 0 radical (unpaired) electrons. The quantitative estimate of drug-likeness (QED) is 0.218. The minimum absolute atomic E-state index is 0.00607. The van der Waals surface area contributed by atoms with Crippen molar-refractivity contribution in [2.24, 2.45) is 0 Å². The van der Waals surface area contributed by atoms with Crippen molar-refractivity contribution in [1.82, 2.24) is 10.3 Å². The van der Waals surface area contributed by atoms with E-state index in [2.05, 4.69) is 10.3 Å². The Morgan fingerprint density at radius 3 is 2.24 bits per heavy atom. The maximum absolute atomic E-state index is 13.1. The first kappa shape index (κ1) is 34.4. The molecule has 2 aromatic rings. The molecule has 0 bridgehead atoms. The predicted molar refractivity (Wildman–Crippen MR) is 148 cm³/mol. The van der Waals surface area contributed by atoms with Crippen LogP contribution in [0.2, 0.25) is 0 Å². The lowest BCUT2D eigenvalue weighted by molar-refractivity contribution is -0.153. The zero-order valence-electron chi connectivity index (χ0n) is 23.5. The molecule has 0 unspecified atom stereocenters. The average Bonchev–Trinajstić information content (AvgIpc) is 2.86. The number of alkyl carbamates (subject to hydrolysis) is 1. The van der Waals surface area contributed by atoms with Crippen LogP contribution in [-0.2, 0) is 31.4 Å². The summed E-state index contributed by atoms with van der Waals surface area (Å²) in [5.41, 5.74) is 0.400. The molecule has 9 nitrogen and oxygen atoms in total. The Morgan fingerprint density at radius 1 is 1.05 bits per heavy atom. The minimum Gasteiger partial charge on any atom is -0.487 e. The highest BCUT2D eigenvalue weighted by Crippen LogP contribution is 2.57. The highest BCUT2D eigenvalue weighted by Gasteiger charge is 2.30. The molecular formula is C27H35ClF3N2O7P. The smallest absolute Gasteiger partial charge is 0.422 e. The van der Waals surface area contributed by atoms with E-state index in [0.29, 0.717) is 11.4 Å². The van der Waals surface area contributed by atoms with Crippen molar-refractivity contribution in [2.45, 2.75) is 65.5 Å². The SMILES string of the molecule is CCOP(=O)(OCC)/C(Cl)=C/[C@@H](Cc1ccc(OCc2cc(OCC(F)(F)F)ccn2)cc1)NC(=O)OC(C)(C)C. The van der Waals surface area contributed by atoms with Gasteiger partial charge >= 0.3 is 19.9 Å². The Morgan fingerprint density at radius 2 is 1.68 bits per heavy atom. The van der Waals surface area contributed by atoms with Gasteiger partial charge in [-0.15, -0.1) is 0 Å². The van der Waals surface area contributed by atoms with Crippen molar-refractivity contribution in [3.8, 4) is 11.5 Å². The first-order chi connectivity index (χ1) is 19.1. The minimum atomic E-state index is -4.45. The summed E-state index contributed by atoms with van der Waals surface area (Å²) in [6.07, 6.45) is -2.16. The molecule has 41 heavy (non-hydrogen) atoms. The molecule has 0 spiro atoms. The third-order valence-corrected chi connectivity index (χ3v) is 7.47. The second kappa shape index (κ2) is 15.4. The van der Waals surface area contributed by atoms with E-state index < -0.39 is 38.1 Å². The summed E-state index contributed by atoms with van der Waals surface area (Å²) in [5.74, 6) is 0.499. The fraction of sp³-hybridized carbons (Fsp3) is 0.481. The monoisotopic (exact) mass is 622 g/mol. The molecule has 1 N–H and O–H groups in total. The van der Waals surface area contributed by atoms with E-state index in [1.165, 1.54) is 24.4 Å². The molecule has 1 atom stereocenters. The van der Waals surface area contributed by atoms with Crippen LogP contribution in [0.5, 0.6) is 11.5 Å². The third-order valence-electron chi connectivity index (χ3n) is 4.86. The first-order valence-corrected chi connectivity index (χ1v) is 14.7. The molecule has 228 valence electrons. The standard InChI is InChI=1S/C27H35ClF3N2O7P/c1-6-38-41(35,39-7-2)24(28)16-20(33-25(34)40-26(3,4)5)14-19-8-10-22(11-9-19)36-17-21-15-23(12-13-32-21)37-18-27(29,30)31/h8-13,15-16,20H,6-7,14,17-18H2,1-5H3,(H,33,34)/b24-16+/t20-/m1/s1. The molecule has 0 aliphatic carbocycles. The number of carbonyl (C=O) groups is 1. The summed E-state index contributed by atoms with van der Waals surface area (Å²) in [6, 6.07) is 8.83. The normalized spacial score (nSPS) is 13.4. The molecule has 0 fully saturated rings. The number of benzene rings is 1. The van der Waals surface area contributed by atoms with Gasteiger partial charge in [0.2, 0.25) is 0 Å². The molecular weight excluding hydrogens is 588 g/mol. The topological polar surface area (TPSA) is 105 Å². The largest absolute Gasteiger partial charge is 0.487 e. The number of ether oxygens (including phenoxy) is 3. The molecule has 0 aliphatic rings. The number of hydrogen-bond donors (Lipinski definition) is 1. The number of amides is 1. The van der Waals surface area contributed by atoms with Crippen LogP contribution >= 0.6 is 19.2 Å². The number of pyridine rings is 1. The summed E-state index contributed by atoms with van der Waals surface area (Å²) in [7, 11) is -3.77. The maximum Gasteiger partial charge on any atom is 0.422 e. The van der Waals surface area contributed by atoms with Crippen LogP contribution in [0.25, 0.3) is 0 Å². The molecule has 14 heteroatoms. The molecule has 0 saturated carbocycles. The van der Waals surface area contributed by atoms with Crippen molar-refractivity contribution in [3.63, 3.8) is 0 Å². The van der Waals surface area contributed by atoms with Crippen molar-refractivity contribution >= 4 is 25.3 Å². The molecule has 1 aromatic carbocycles.